The first kappa shape index (κ1) is 14.1. The second-order valence-corrected chi connectivity index (χ2v) is 5.36. The smallest absolute Gasteiger partial charge is 0.190 e. The second kappa shape index (κ2) is 6.28. The summed E-state index contributed by atoms with van der Waals surface area (Å²) in [5.41, 5.74) is 7.60. The van der Waals surface area contributed by atoms with E-state index in [9.17, 15) is 5.26 Å². The van der Waals surface area contributed by atoms with E-state index in [1.807, 2.05) is 30.3 Å². The first-order valence-electron chi connectivity index (χ1n) is 6.52. The molecular formula is C15H12N6S. The Labute approximate surface area is 131 Å². The molecule has 3 rings (SSSR count). The molecule has 22 heavy (non-hydrogen) atoms. The summed E-state index contributed by atoms with van der Waals surface area (Å²) in [4.78, 5) is 15.8. The Bertz CT molecular complexity index is 808. The Morgan fingerprint density at radius 3 is 2.73 bits per heavy atom. The number of nitrogens with zero attached hydrogens (tertiary/aromatic N) is 4. The number of hydrogen-bond donors (Lipinski definition) is 2. The summed E-state index contributed by atoms with van der Waals surface area (Å²) in [6.45, 7) is 0. The number of H-pyrrole nitrogens is 1. The summed E-state index contributed by atoms with van der Waals surface area (Å²) < 4.78 is 0. The lowest BCUT2D eigenvalue weighted by molar-refractivity contribution is 0.971. The number of rotatable bonds is 4. The minimum absolute atomic E-state index is 0.193. The van der Waals surface area contributed by atoms with Gasteiger partial charge in [0.25, 0.3) is 0 Å². The van der Waals surface area contributed by atoms with Gasteiger partial charge in [-0.25, -0.2) is 15.0 Å². The Kier molecular flexibility index (Phi) is 4.03. The molecule has 0 aliphatic rings. The molecule has 0 spiro atoms. The van der Waals surface area contributed by atoms with Gasteiger partial charge in [-0.05, 0) is 0 Å². The monoisotopic (exact) mass is 308 g/mol. The second-order valence-electron chi connectivity index (χ2n) is 4.42. The van der Waals surface area contributed by atoms with Crippen molar-refractivity contribution in [2.24, 2.45) is 0 Å². The topological polar surface area (TPSA) is 104 Å². The van der Waals surface area contributed by atoms with E-state index in [2.05, 4.69) is 26.0 Å². The van der Waals surface area contributed by atoms with Crippen LogP contribution in [0.3, 0.4) is 0 Å². The minimum atomic E-state index is 0.193. The summed E-state index contributed by atoms with van der Waals surface area (Å²) in [7, 11) is 0. The number of benzene rings is 1. The molecule has 3 aromatic rings. The summed E-state index contributed by atoms with van der Waals surface area (Å²) in [6.07, 6.45) is 3.46. The zero-order valence-corrected chi connectivity index (χ0v) is 12.3. The zero-order chi connectivity index (χ0) is 15.4. The maximum Gasteiger partial charge on any atom is 0.190 e. The molecule has 0 saturated heterocycles. The largest absolute Gasteiger partial charge is 0.382 e. The van der Waals surface area contributed by atoms with Gasteiger partial charge in [0.2, 0.25) is 0 Å². The summed E-state index contributed by atoms with van der Waals surface area (Å²) in [5, 5.41) is 9.82. The van der Waals surface area contributed by atoms with Crippen molar-refractivity contribution in [3.05, 3.63) is 54.1 Å². The predicted molar refractivity (Wildman–Crippen MR) is 84.7 cm³/mol. The zero-order valence-electron chi connectivity index (χ0n) is 11.5. The number of nitrogens with two attached hydrogens (primary N) is 1. The maximum atomic E-state index is 9.30. The number of thioether (sulfide) groups is 1. The van der Waals surface area contributed by atoms with Gasteiger partial charge in [0.15, 0.2) is 5.16 Å². The fourth-order valence-corrected chi connectivity index (χ4v) is 2.69. The van der Waals surface area contributed by atoms with Crippen LogP contribution in [0.25, 0.3) is 11.3 Å². The van der Waals surface area contributed by atoms with Gasteiger partial charge in [-0.3, -0.25) is 0 Å². The van der Waals surface area contributed by atoms with E-state index in [0.29, 0.717) is 22.2 Å². The lowest BCUT2D eigenvalue weighted by Gasteiger charge is -2.08. The van der Waals surface area contributed by atoms with Crippen molar-refractivity contribution >= 4 is 17.6 Å². The normalized spacial score (nSPS) is 10.3. The molecule has 7 heteroatoms. The molecule has 1 aromatic carbocycles. The van der Waals surface area contributed by atoms with Crippen molar-refractivity contribution in [2.45, 2.75) is 10.9 Å². The van der Waals surface area contributed by atoms with E-state index >= 15 is 0 Å². The first-order valence-corrected chi connectivity index (χ1v) is 7.50. The van der Waals surface area contributed by atoms with Crippen LogP contribution < -0.4 is 5.73 Å². The molecule has 0 atom stereocenters. The van der Waals surface area contributed by atoms with E-state index in [0.717, 1.165) is 11.4 Å². The van der Waals surface area contributed by atoms with Gasteiger partial charge in [0.05, 0.1) is 11.4 Å². The molecule has 0 radical (unpaired) electrons. The van der Waals surface area contributed by atoms with Crippen LogP contribution in [0.1, 0.15) is 11.4 Å². The molecule has 3 N–H and O–H groups in total. The molecule has 0 unspecified atom stereocenters. The van der Waals surface area contributed by atoms with Crippen molar-refractivity contribution in [2.75, 3.05) is 5.73 Å². The van der Waals surface area contributed by atoms with Crippen LogP contribution >= 0.6 is 11.8 Å². The molecule has 0 amide bonds. The van der Waals surface area contributed by atoms with Gasteiger partial charge < -0.3 is 10.7 Å². The van der Waals surface area contributed by atoms with Crippen LogP contribution in [-0.4, -0.2) is 19.9 Å². The molecule has 0 fully saturated rings. The number of anilines is 1. The van der Waals surface area contributed by atoms with Gasteiger partial charge in [-0.15, -0.1) is 0 Å². The molecule has 0 saturated carbocycles. The number of aromatic nitrogens is 4. The molecule has 2 aromatic heterocycles. The molecular weight excluding hydrogens is 296 g/mol. The predicted octanol–water partition coefficient (Wildman–Crippen LogP) is 2.61. The highest BCUT2D eigenvalue weighted by molar-refractivity contribution is 7.98. The van der Waals surface area contributed by atoms with Crippen LogP contribution in [0.2, 0.25) is 0 Å². The lowest BCUT2D eigenvalue weighted by atomic mass is 10.1. The Hall–Kier alpha value is -2.85. The third-order valence-corrected chi connectivity index (χ3v) is 3.83. The summed E-state index contributed by atoms with van der Waals surface area (Å²) in [5.74, 6) is 1.63. The number of imidazole rings is 1. The molecule has 108 valence electrons. The van der Waals surface area contributed by atoms with Crippen LogP contribution in [0.5, 0.6) is 0 Å². The quantitative estimate of drug-likeness (QED) is 0.567. The SMILES string of the molecule is N#Cc1c(N)nc(SCc2ncc[nH]2)nc1-c1ccccc1. The molecule has 6 nitrogen and oxygen atoms in total. The number of hydrogen-bond acceptors (Lipinski definition) is 6. The average Bonchev–Trinajstić information content (AvgIpc) is 3.06. The number of nitrogens with one attached hydrogen (secondary N) is 1. The van der Waals surface area contributed by atoms with Crippen molar-refractivity contribution in [3.63, 3.8) is 0 Å². The minimum Gasteiger partial charge on any atom is -0.382 e. The van der Waals surface area contributed by atoms with Crippen LogP contribution in [0.4, 0.5) is 5.82 Å². The van der Waals surface area contributed by atoms with Gasteiger partial charge in [-0.1, -0.05) is 42.1 Å². The maximum absolute atomic E-state index is 9.30. The lowest BCUT2D eigenvalue weighted by Crippen LogP contribution is -2.02. The van der Waals surface area contributed by atoms with Gasteiger partial charge in [0, 0.05) is 18.0 Å². The highest BCUT2D eigenvalue weighted by Crippen LogP contribution is 2.28. The number of aromatic amines is 1. The van der Waals surface area contributed by atoms with Crippen LogP contribution in [0, 0.1) is 11.3 Å². The van der Waals surface area contributed by atoms with E-state index < -0.39 is 0 Å². The fourth-order valence-electron chi connectivity index (χ4n) is 1.95. The highest BCUT2D eigenvalue weighted by atomic mass is 32.2. The van der Waals surface area contributed by atoms with Crippen LogP contribution in [0.15, 0.2) is 47.9 Å². The van der Waals surface area contributed by atoms with Crippen molar-refractivity contribution < 1.29 is 0 Å². The highest BCUT2D eigenvalue weighted by Gasteiger charge is 2.14. The van der Waals surface area contributed by atoms with Gasteiger partial charge in [-0.2, -0.15) is 5.26 Å². The Morgan fingerprint density at radius 2 is 2.05 bits per heavy atom. The van der Waals surface area contributed by atoms with Gasteiger partial charge >= 0.3 is 0 Å². The van der Waals surface area contributed by atoms with Gasteiger partial charge in [0.1, 0.15) is 23.3 Å². The average molecular weight is 308 g/mol. The van der Waals surface area contributed by atoms with Crippen LogP contribution in [-0.2, 0) is 5.75 Å². The van der Waals surface area contributed by atoms with Crippen molar-refractivity contribution in [1.82, 2.24) is 19.9 Å². The van der Waals surface area contributed by atoms with E-state index in [1.54, 1.807) is 12.4 Å². The van der Waals surface area contributed by atoms with Crippen molar-refractivity contribution in [1.29, 1.82) is 5.26 Å². The summed E-state index contributed by atoms with van der Waals surface area (Å²) >= 11 is 1.41. The Morgan fingerprint density at radius 1 is 1.23 bits per heavy atom. The van der Waals surface area contributed by atoms with E-state index in [1.165, 1.54) is 11.8 Å². The summed E-state index contributed by atoms with van der Waals surface area (Å²) in [6, 6.07) is 11.6. The number of nitrogen functional groups attached to an aromatic ring is 1. The van der Waals surface area contributed by atoms with Crippen molar-refractivity contribution in [3.8, 4) is 17.3 Å². The molecule has 2 heterocycles. The Balaban J connectivity index is 1.96. The third kappa shape index (κ3) is 2.92. The third-order valence-electron chi connectivity index (χ3n) is 2.97. The molecule has 0 aliphatic heterocycles. The number of nitriles is 1. The van der Waals surface area contributed by atoms with E-state index in [4.69, 9.17) is 5.73 Å². The van der Waals surface area contributed by atoms with E-state index in [-0.39, 0.29) is 5.82 Å². The molecule has 0 aliphatic carbocycles. The standard InChI is InChI=1S/C15H12N6S/c16-8-11-13(10-4-2-1-3-5-10)20-15(21-14(11)17)22-9-12-18-6-7-19-12/h1-7H,9H2,(H,18,19)(H2,17,20,21). The first-order chi connectivity index (χ1) is 10.8. The fraction of sp³-hybridized carbons (Fsp3) is 0.0667. The molecule has 0 bridgehead atoms.